The summed E-state index contributed by atoms with van der Waals surface area (Å²) in [7, 11) is 0. The van der Waals surface area contributed by atoms with E-state index in [9.17, 15) is 0 Å². The summed E-state index contributed by atoms with van der Waals surface area (Å²) in [6, 6.07) is 12.2. The zero-order valence-corrected chi connectivity index (χ0v) is 9.63. The van der Waals surface area contributed by atoms with Gasteiger partial charge in [0.15, 0.2) is 0 Å². The molecule has 0 atom stereocenters. The van der Waals surface area contributed by atoms with Crippen LogP contribution < -0.4 is 5.73 Å². The summed E-state index contributed by atoms with van der Waals surface area (Å²) in [5.41, 5.74) is 7.06. The van der Waals surface area contributed by atoms with E-state index in [-0.39, 0.29) is 5.41 Å². The average molecular weight is 225 g/mol. The molecule has 0 radical (unpaired) electrons. The molecular formula is C14H15N3. The van der Waals surface area contributed by atoms with Crippen LogP contribution in [0.2, 0.25) is 0 Å². The van der Waals surface area contributed by atoms with Gasteiger partial charge in [-0.15, -0.1) is 0 Å². The molecule has 0 spiro atoms. The summed E-state index contributed by atoms with van der Waals surface area (Å²) in [5.74, 6) is 1.42. The van der Waals surface area contributed by atoms with Gasteiger partial charge in [-0.3, -0.25) is 0 Å². The molecule has 3 rings (SSSR count). The van der Waals surface area contributed by atoms with Crippen LogP contribution in [0, 0.1) is 0 Å². The van der Waals surface area contributed by atoms with Crippen molar-refractivity contribution in [2.24, 2.45) is 0 Å². The number of benzene rings is 1. The zero-order valence-electron chi connectivity index (χ0n) is 9.63. The van der Waals surface area contributed by atoms with Crippen molar-refractivity contribution in [2.75, 3.05) is 5.73 Å². The van der Waals surface area contributed by atoms with E-state index in [1.165, 1.54) is 12.0 Å². The van der Waals surface area contributed by atoms with E-state index in [0.717, 1.165) is 18.7 Å². The second-order valence-electron chi connectivity index (χ2n) is 4.61. The van der Waals surface area contributed by atoms with Crippen LogP contribution in [-0.4, -0.2) is 9.97 Å². The van der Waals surface area contributed by atoms with Crippen LogP contribution in [0.15, 0.2) is 42.6 Å². The van der Waals surface area contributed by atoms with E-state index in [1.54, 1.807) is 12.3 Å². The molecule has 3 nitrogen and oxygen atoms in total. The Labute approximate surface area is 101 Å². The van der Waals surface area contributed by atoms with Crippen LogP contribution in [0.4, 0.5) is 5.82 Å². The van der Waals surface area contributed by atoms with Gasteiger partial charge < -0.3 is 5.73 Å². The van der Waals surface area contributed by atoms with Gasteiger partial charge in [0.25, 0.3) is 0 Å². The Morgan fingerprint density at radius 1 is 1.06 bits per heavy atom. The summed E-state index contributed by atoms with van der Waals surface area (Å²) in [6.07, 6.45) is 5.20. The highest BCUT2D eigenvalue weighted by Gasteiger charge is 2.42. The van der Waals surface area contributed by atoms with E-state index in [0.29, 0.717) is 5.82 Å². The number of hydrogen-bond donors (Lipinski definition) is 1. The second kappa shape index (κ2) is 3.84. The van der Waals surface area contributed by atoms with E-state index < -0.39 is 0 Å². The van der Waals surface area contributed by atoms with Crippen LogP contribution in [0.1, 0.15) is 30.7 Å². The first kappa shape index (κ1) is 10.3. The summed E-state index contributed by atoms with van der Waals surface area (Å²) in [6.45, 7) is 0. The predicted molar refractivity (Wildman–Crippen MR) is 67.5 cm³/mol. The van der Waals surface area contributed by atoms with Crippen LogP contribution in [0.25, 0.3) is 0 Å². The minimum Gasteiger partial charge on any atom is -0.384 e. The Bertz CT molecular complexity index is 518. The molecule has 0 amide bonds. The molecule has 0 unspecified atom stereocenters. The lowest BCUT2D eigenvalue weighted by atomic mass is 9.64. The molecule has 1 saturated carbocycles. The number of nitrogens with zero attached hydrogens (tertiary/aromatic N) is 2. The molecule has 0 bridgehead atoms. The molecule has 1 fully saturated rings. The molecule has 2 N–H and O–H groups in total. The van der Waals surface area contributed by atoms with Crippen molar-refractivity contribution in [2.45, 2.75) is 24.7 Å². The van der Waals surface area contributed by atoms with Crippen molar-refractivity contribution >= 4 is 5.82 Å². The van der Waals surface area contributed by atoms with E-state index in [1.807, 2.05) is 6.07 Å². The topological polar surface area (TPSA) is 51.8 Å². The summed E-state index contributed by atoms with van der Waals surface area (Å²) in [4.78, 5) is 8.83. The van der Waals surface area contributed by atoms with Crippen molar-refractivity contribution in [3.63, 3.8) is 0 Å². The molecule has 1 aliphatic carbocycles. The van der Waals surface area contributed by atoms with Crippen LogP contribution in [0.5, 0.6) is 0 Å². The molecule has 17 heavy (non-hydrogen) atoms. The van der Waals surface area contributed by atoms with Gasteiger partial charge in [0.1, 0.15) is 11.6 Å². The zero-order chi connectivity index (χ0) is 11.7. The van der Waals surface area contributed by atoms with Gasteiger partial charge in [0, 0.05) is 6.20 Å². The van der Waals surface area contributed by atoms with Crippen LogP contribution >= 0.6 is 0 Å². The molecule has 1 heterocycles. The maximum absolute atomic E-state index is 5.76. The first-order valence-corrected chi connectivity index (χ1v) is 5.96. The highest BCUT2D eigenvalue weighted by Crippen LogP contribution is 2.47. The molecule has 1 aromatic carbocycles. The van der Waals surface area contributed by atoms with Gasteiger partial charge in [-0.05, 0) is 24.5 Å². The Morgan fingerprint density at radius 3 is 2.41 bits per heavy atom. The summed E-state index contributed by atoms with van der Waals surface area (Å²) in [5, 5.41) is 0. The first-order valence-electron chi connectivity index (χ1n) is 5.96. The molecule has 1 aliphatic rings. The largest absolute Gasteiger partial charge is 0.384 e. The minimum absolute atomic E-state index is 0.00333. The monoisotopic (exact) mass is 225 g/mol. The fourth-order valence-corrected chi connectivity index (χ4v) is 2.53. The van der Waals surface area contributed by atoms with Crippen molar-refractivity contribution in [1.82, 2.24) is 9.97 Å². The molecule has 1 aromatic heterocycles. The number of anilines is 1. The third-order valence-corrected chi connectivity index (χ3v) is 3.64. The van der Waals surface area contributed by atoms with E-state index in [4.69, 9.17) is 5.73 Å². The van der Waals surface area contributed by atoms with Gasteiger partial charge in [-0.2, -0.15) is 0 Å². The third-order valence-electron chi connectivity index (χ3n) is 3.64. The highest BCUT2D eigenvalue weighted by molar-refractivity contribution is 5.38. The van der Waals surface area contributed by atoms with Gasteiger partial charge in [-0.25, -0.2) is 9.97 Å². The van der Waals surface area contributed by atoms with Crippen molar-refractivity contribution in [1.29, 1.82) is 0 Å². The Balaban J connectivity index is 2.09. The van der Waals surface area contributed by atoms with E-state index in [2.05, 4.69) is 34.2 Å². The first-order chi connectivity index (χ1) is 8.31. The molecular weight excluding hydrogens is 210 g/mol. The number of hydrogen-bond acceptors (Lipinski definition) is 3. The van der Waals surface area contributed by atoms with E-state index >= 15 is 0 Å². The molecule has 3 heteroatoms. The maximum atomic E-state index is 5.76. The lowest BCUT2D eigenvalue weighted by molar-refractivity contribution is 0.285. The smallest absolute Gasteiger partial charge is 0.141 e. The van der Waals surface area contributed by atoms with Gasteiger partial charge in [0.2, 0.25) is 0 Å². The molecule has 86 valence electrons. The van der Waals surface area contributed by atoms with Gasteiger partial charge in [0.05, 0.1) is 5.41 Å². The molecule has 0 aliphatic heterocycles. The van der Waals surface area contributed by atoms with Crippen LogP contribution in [-0.2, 0) is 5.41 Å². The van der Waals surface area contributed by atoms with Crippen molar-refractivity contribution in [3.05, 3.63) is 54.0 Å². The molecule has 2 aromatic rings. The number of rotatable bonds is 2. The maximum Gasteiger partial charge on any atom is 0.141 e. The predicted octanol–water partition coefficient (Wildman–Crippen LogP) is 2.53. The Kier molecular flexibility index (Phi) is 2.32. The van der Waals surface area contributed by atoms with Crippen LogP contribution in [0.3, 0.4) is 0 Å². The fourth-order valence-electron chi connectivity index (χ4n) is 2.53. The quantitative estimate of drug-likeness (QED) is 0.854. The fraction of sp³-hybridized carbons (Fsp3) is 0.286. The van der Waals surface area contributed by atoms with Crippen molar-refractivity contribution < 1.29 is 0 Å². The SMILES string of the molecule is Nc1ccnc(C2(c3ccccc3)CCC2)n1. The third kappa shape index (κ3) is 1.58. The normalized spacial score (nSPS) is 17.4. The second-order valence-corrected chi connectivity index (χ2v) is 4.61. The Hall–Kier alpha value is -1.90. The lowest BCUT2D eigenvalue weighted by Gasteiger charge is -2.40. The van der Waals surface area contributed by atoms with Gasteiger partial charge in [-0.1, -0.05) is 36.8 Å². The number of nitrogens with two attached hydrogens (primary N) is 1. The van der Waals surface area contributed by atoms with Crippen molar-refractivity contribution in [3.8, 4) is 0 Å². The standard InChI is InChI=1S/C14H15N3/c15-12-7-10-16-13(17-12)14(8-4-9-14)11-5-2-1-3-6-11/h1-3,5-7,10H,4,8-9H2,(H2,15,16,17). The number of aromatic nitrogens is 2. The Morgan fingerprint density at radius 2 is 1.82 bits per heavy atom. The summed E-state index contributed by atoms with van der Waals surface area (Å²) >= 11 is 0. The molecule has 0 saturated heterocycles. The highest BCUT2D eigenvalue weighted by atomic mass is 15.0. The summed E-state index contributed by atoms with van der Waals surface area (Å²) < 4.78 is 0. The minimum atomic E-state index is -0.00333. The average Bonchev–Trinajstić information content (AvgIpc) is 2.29. The lowest BCUT2D eigenvalue weighted by Crippen LogP contribution is -2.37. The van der Waals surface area contributed by atoms with Gasteiger partial charge >= 0.3 is 0 Å². The number of nitrogen functional groups attached to an aromatic ring is 1.